The standard InChI is InChI=1S/C14H8ClN3O/c15-14-8-5-6-10-11(12(8)17-18-14)13(19)7-3-1-2-4-9(7)16-10/h1-6,17-18H. The first kappa shape index (κ1) is 10.6. The number of aromatic nitrogens is 3. The minimum atomic E-state index is -0.0295. The molecule has 0 saturated carbocycles. The molecule has 0 fully saturated rings. The molecule has 0 aliphatic carbocycles. The van der Waals surface area contributed by atoms with Crippen LogP contribution in [0.25, 0.3) is 32.7 Å². The van der Waals surface area contributed by atoms with Gasteiger partial charge in [-0.2, -0.15) is 0 Å². The van der Waals surface area contributed by atoms with Gasteiger partial charge in [-0.3, -0.25) is 15.0 Å². The molecule has 2 aromatic heterocycles. The van der Waals surface area contributed by atoms with E-state index in [4.69, 9.17) is 11.6 Å². The van der Waals surface area contributed by atoms with E-state index in [1.165, 1.54) is 0 Å². The second-order valence-electron chi connectivity index (χ2n) is 4.40. The molecule has 4 nitrogen and oxygen atoms in total. The van der Waals surface area contributed by atoms with Crippen molar-refractivity contribution in [3.8, 4) is 0 Å². The third-order valence-electron chi connectivity index (χ3n) is 3.33. The summed E-state index contributed by atoms with van der Waals surface area (Å²) >= 11 is 6.03. The molecular weight excluding hydrogens is 262 g/mol. The normalized spacial score (nSPS) is 11.6. The predicted molar refractivity (Wildman–Crippen MR) is 76.7 cm³/mol. The molecule has 0 aliphatic heterocycles. The maximum absolute atomic E-state index is 12.6. The van der Waals surface area contributed by atoms with Gasteiger partial charge >= 0.3 is 0 Å². The summed E-state index contributed by atoms with van der Waals surface area (Å²) in [5, 5.41) is 8.23. The summed E-state index contributed by atoms with van der Waals surface area (Å²) in [5.41, 5.74) is 2.05. The van der Waals surface area contributed by atoms with Crippen molar-refractivity contribution in [2.45, 2.75) is 0 Å². The highest BCUT2D eigenvalue weighted by Crippen LogP contribution is 2.26. The Morgan fingerprint density at radius 2 is 1.79 bits per heavy atom. The number of rotatable bonds is 0. The van der Waals surface area contributed by atoms with E-state index < -0.39 is 0 Å². The topological polar surface area (TPSA) is 61.5 Å². The van der Waals surface area contributed by atoms with Gasteiger partial charge in [0, 0.05) is 10.8 Å². The van der Waals surface area contributed by atoms with E-state index >= 15 is 0 Å². The number of H-pyrrole nitrogens is 2. The van der Waals surface area contributed by atoms with Gasteiger partial charge in [-0.1, -0.05) is 23.7 Å². The lowest BCUT2D eigenvalue weighted by Gasteiger charge is -2.01. The van der Waals surface area contributed by atoms with Crippen molar-refractivity contribution in [3.05, 3.63) is 51.8 Å². The molecule has 4 rings (SSSR count). The molecule has 2 heterocycles. The highest BCUT2D eigenvalue weighted by molar-refractivity contribution is 6.35. The lowest BCUT2D eigenvalue weighted by Crippen LogP contribution is -2.04. The monoisotopic (exact) mass is 269 g/mol. The highest BCUT2D eigenvalue weighted by atomic mass is 35.5. The van der Waals surface area contributed by atoms with Crippen LogP contribution in [0.1, 0.15) is 0 Å². The van der Waals surface area contributed by atoms with E-state index in [0.717, 1.165) is 5.39 Å². The second-order valence-corrected chi connectivity index (χ2v) is 4.78. The summed E-state index contributed by atoms with van der Waals surface area (Å²) in [6.45, 7) is 0. The van der Waals surface area contributed by atoms with Gasteiger partial charge in [0.1, 0.15) is 5.15 Å². The second kappa shape index (κ2) is 3.59. The average molecular weight is 270 g/mol. The fourth-order valence-electron chi connectivity index (χ4n) is 2.44. The van der Waals surface area contributed by atoms with Gasteiger partial charge in [0.25, 0.3) is 0 Å². The molecular formula is C14H8ClN3O. The molecule has 4 aromatic rings. The third kappa shape index (κ3) is 1.34. The minimum Gasteiger partial charge on any atom is -0.299 e. The fourth-order valence-corrected chi connectivity index (χ4v) is 2.64. The first-order chi connectivity index (χ1) is 9.25. The van der Waals surface area contributed by atoms with Crippen molar-refractivity contribution in [2.75, 3.05) is 0 Å². The quantitative estimate of drug-likeness (QED) is 0.482. The van der Waals surface area contributed by atoms with Crippen molar-refractivity contribution in [3.63, 3.8) is 0 Å². The Hall–Kier alpha value is -2.33. The largest absolute Gasteiger partial charge is 0.299 e. The Kier molecular flexibility index (Phi) is 2.00. The number of halogens is 1. The van der Waals surface area contributed by atoms with Crippen molar-refractivity contribution in [2.24, 2.45) is 0 Å². The molecule has 19 heavy (non-hydrogen) atoms. The van der Waals surface area contributed by atoms with Gasteiger partial charge in [-0.25, -0.2) is 4.98 Å². The molecule has 0 atom stereocenters. The number of nitrogens with zero attached hydrogens (tertiary/aromatic N) is 1. The van der Waals surface area contributed by atoms with Gasteiger partial charge in [0.2, 0.25) is 0 Å². The predicted octanol–water partition coefficient (Wildman–Crippen LogP) is 3.21. The lowest BCUT2D eigenvalue weighted by molar-refractivity contribution is 1.12. The number of para-hydroxylation sites is 1. The number of nitrogens with one attached hydrogen (secondary N) is 2. The van der Waals surface area contributed by atoms with Crippen LogP contribution < -0.4 is 5.43 Å². The summed E-state index contributed by atoms with van der Waals surface area (Å²) < 4.78 is 0. The smallest absolute Gasteiger partial charge is 0.199 e. The van der Waals surface area contributed by atoms with E-state index in [9.17, 15) is 4.79 Å². The Labute approximate surface area is 112 Å². The number of aromatic amines is 2. The van der Waals surface area contributed by atoms with Crippen molar-refractivity contribution in [1.29, 1.82) is 0 Å². The van der Waals surface area contributed by atoms with E-state index in [0.29, 0.717) is 32.5 Å². The molecule has 0 spiro atoms. The summed E-state index contributed by atoms with van der Waals surface area (Å²) in [5.74, 6) is 0. The van der Waals surface area contributed by atoms with Crippen LogP contribution in [0.3, 0.4) is 0 Å². The summed E-state index contributed by atoms with van der Waals surface area (Å²) in [4.78, 5) is 17.1. The van der Waals surface area contributed by atoms with Gasteiger partial charge in [0.05, 0.1) is 21.9 Å². The molecule has 5 heteroatoms. The first-order valence-electron chi connectivity index (χ1n) is 5.83. The Morgan fingerprint density at radius 3 is 2.68 bits per heavy atom. The molecule has 2 aromatic carbocycles. The number of hydrogen-bond acceptors (Lipinski definition) is 2. The number of hydrogen-bond donors (Lipinski definition) is 2. The van der Waals surface area contributed by atoms with Crippen molar-refractivity contribution >= 4 is 44.3 Å². The fraction of sp³-hybridized carbons (Fsp3) is 0. The van der Waals surface area contributed by atoms with Crippen molar-refractivity contribution in [1.82, 2.24) is 15.2 Å². The molecule has 0 bridgehead atoms. The molecule has 0 aliphatic rings. The summed E-state index contributed by atoms with van der Waals surface area (Å²) in [6, 6.07) is 11.0. The zero-order valence-electron chi connectivity index (χ0n) is 9.70. The SMILES string of the molecule is O=c1c2ccccc2nc2ccc3c(Cl)[nH][nH]c3c12. The zero-order chi connectivity index (χ0) is 13.0. The Balaban J connectivity index is 2.37. The first-order valence-corrected chi connectivity index (χ1v) is 6.21. The zero-order valence-corrected chi connectivity index (χ0v) is 10.5. The maximum Gasteiger partial charge on any atom is 0.199 e. The van der Waals surface area contributed by atoms with Crippen LogP contribution in [0.15, 0.2) is 41.2 Å². The van der Waals surface area contributed by atoms with Gasteiger partial charge in [0.15, 0.2) is 5.43 Å². The van der Waals surface area contributed by atoms with Crippen LogP contribution in [0.4, 0.5) is 0 Å². The molecule has 2 N–H and O–H groups in total. The van der Waals surface area contributed by atoms with E-state index in [1.807, 2.05) is 30.3 Å². The van der Waals surface area contributed by atoms with Crippen LogP contribution in [-0.2, 0) is 0 Å². The van der Waals surface area contributed by atoms with Gasteiger partial charge < -0.3 is 0 Å². The highest BCUT2D eigenvalue weighted by Gasteiger charge is 2.12. The Morgan fingerprint density at radius 1 is 0.947 bits per heavy atom. The third-order valence-corrected chi connectivity index (χ3v) is 3.63. The number of fused-ring (bicyclic) bond motifs is 4. The summed E-state index contributed by atoms with van der Waals surface area (Å²) in [7, 11) is 0. The van der Waals surface area contributed by atoms with Crippen LogP contribution in [0.5, 0.6) is 0 Å². The maximum atomic E-state index is 12.6. The van der Waals surface area contributed by atoms with Gasteiger partial charge in [-0.05, 0) is 24.3 Å². The Bertz CT molecular complexity index is 1000. The molecule has 0 unspecified atom stereocenters. The van der Waals surface area contributed by atoms with Crippen LogP contribution in [0.2, 0.25) is 5.15 Å². The minimum absolute atomic E-state index is 0.0295. The molecule has 0 amide bonds. The molecule has 0 saturated heterocycles. The van der Waals surface area contributed by atoms with E-state index in [1.54, 1.807) is 6.07 Å². The van der Waals surface area contributed by atoms with Crippen LogP contribution >= 0.6 is 11.6 Å². The van der Waals surface area contributed by atoms with Crippen LogP contribution in [0, 0.1) is 0 Å². The van der Waals surface area contributed by atoms with E-state index in [-0.39, 0.29) is 5.43 Å². The van der Waals surface area contributed by atoms with Crippen molar-refractivity contribution < 1.29 is 0 Å². The lowest BCUT2D eigenvalue weighted by atomic mass is 10.1. The summed E-state index contributed by atoms with van der Waals surface area (Å²) in [6.07, 6.45) is 0. The average Bonchev–Trinajstić information content (AvgIpc) is 2.80. The van der Waals surface area contributed by atoms with E-state index in [2.05, 4.69) is 15.2 Å². The number of pyridine rings is 1. The molecule has 92 valence electrons. The van der Waals surface area contributed by atoms with Crippen LogP contribution in [-0.4, -0.2) is 15.2 Å². The van der Waals surface area contributed by atoms with Gasteiger partial charge in [-0.15, -0.1) is 0 Å². The molecule has 0 radical (unpaired) electrons. The number of benzene rings is 2.